The summed E-state index contributed by atoms with van der Waals surface area (Å²) in [5.74, 6) is 1.41. The van der Waals surface area contributed by atoms with Gasteiger partial charge in [-0.2, -0.15) is 5.10 Å². The normalized spacial score (nSPS) is 12.9. The number of rotatable bonds is 4. The summed E-state index contributed by atoms with van der Waals surface area (Å²) < 4.78 is 1.77. The molecule has 4 heteroatoms. The molecule has 68 valence electrons. The molecule has 0 radical (unpaired) electrons. The molecule has 4 nitrogen and oxygen atoms in total. The Kier molecular flexibility index (Phi) is 3.10. The monoisotopic (exact) mass is 168 g/mol. The Labute approximate surface area is 72.8 Å². The van der Waals surface area contributed by atoms with E-state index in [1.165, 1.54) is 0 Å². The molecule has 1 atom stereocenters. The Morgan fingerprint density at radius 2 is 2.50 bits per heavy atom. The predicted molar refractivity (Wildman–Crippen MR) is 49.9 cm³/mol. The van der Waals surface area contributed by atoms with Gasteiger partial charge >= 0.3 is 0 Å². The van der Waals surface area contributed by atoms with Crippen LogP contribution in [0, 0.1) is 5.92 Å². The molecule has 0 spiro atoms. The fourth-order valence-electron chi connectivity index (χ4n) is 0.871. The molecule has 1 rings (SSSR count). The summed E-state index contributed by atoms with van der Waals surface area (Å²) in [7, 11) is 1.90. The zero-order valence-corrected chi connectivity index (χ0v) is 7.62. The van der Waals surface area contributed by atoms with Gasteiger partial charge in [0.05, 0.1) is 0 Å². The van der Waals surface area contributed by atoms with Crippen LogP contribution in [0.5, 0.6) is 0 Å². The lowest BCUT2D eigenvalue weighted by Gasteiger charge is -2.08. The van der Waals surface area contributed by atoms with E-state index in [-0.39, 0.29) is 0 Å². The van der Waals surface area contributed by atoms with Gasteiger partial charge in [-0.15, -0.1) is 0 Å². The highest BCUT2D eigenvalue weighted by molar-refractivity contribution is 5.31. The Bertz CT molecular complexity index is 231. The van der Waals surface area contributed by atoms with Gasteiger partial charge in [0, 0.05) is 25.9 Å². The number of hydrogen-bond acceptors (Lipinski definition) is 3. The number of aryl methyl sites for hydroxylation is 1. The van der Waals surface area contributed by atoms with Crippen LogP contribution in [0.4, 0.5) is 5.82 Å². The molecule has 0 aromatic carbocycles. The van der Waals surface area contributed by atoms with Crippen molar-refractivity contribution in [2.24, 2.45) is 18.7 Å². The highest BCUT2D eigenvalue weighted by Gasteiger charge is 1.99. The van der Waals surface area contributed by atoms with Crippen LogP contribution in [-0.4, -0.2) is 22.9 Å². The van der Waals surface area contributed by atoms with Crippen LogP contribution in [-0.2, 0) is 7.05 Å². The van der Waals surface area contributed by atoms with Crippen molar-refractivity contribution < 1.29 is 0 Å². The van der Waals surface area contributed by atoms with E-state index in [2.05, 4.69) is 17.3 Å². The lowest BCUT2D eigenvalue weighted by atomic mass is 10.2. The first-order valence-electron chi connectivity index (χ1n) is 4.16. The van der Waals surface area contributed by atoms with Crippen molar-refractivity contribution >= 4 is 5.82 Å². The number of nitrogens with two attached hydrogens (primary N) is 1. The molecule has 1 unspecified atom stereocenters. The van der Waals surface area contributed by atoms with Gasteiger partial charge in [0.15, 0.2) is 0 Å². The van der Waals surface area contributed by atoms with Crippen LogP contribution in [0.15, 0.2) is 12.3 Å². The van der Waals surface area contributed by atoms with Gasteiger partial charge in [-0.1, -0.05) is 6.92 Å². The van der Waals surface area contributed by atoms with Crippen LogP contribution in [0.1, 0.15) is 6.92 Å². The van der Waals surface area contributed by atoms with Crippen LogP contribution >= 0.6 is 0 Å². The molecule has 0 amide bonds. The van der Waals surface area contributed by atoms with Crippen molar-refractivity contribution in [2.75, 3.05) is 18.4 Å². The van der Waals surface area contributed by atoms with E-state index in [0.29, 0.717) is 12.5 Å². The third-order valence-corrected chi connectivity index (χ3v) is 1.75. The standard InChI is InChI=1S/C8H16N4/c1-7(5-9)6-10-8-3-4-12(2)11-8/h3-4,7H,5-6,9H2,1-2H3,(H,10,11). The molecular formula is C8H16N4. The third-order valence-electron chi connectivity index (χ3n) is 1.75. The molecule has 0 fully saturated rings. The molecule has 0 aliphatic carbocycles. The zero-order valence-electron chi connectivity index (χ0n) is 7.62. The van der Waals surface area contributed by atoms with E-state index in [1.807, 2.05) is 19.3 Å². The highest BCUT2D eigenvalue weighted by atomic mass is 15.3. The van der Waals surface area contributed by atoms with Gasteiger partial charge in [-0.05, 0) is 12.5 Å². The molecule has 0 aliphatic rings. The van der Waals surface area contributed by atoms with E-state index in [9.17, 15) is 0 Å². The highest BCUT2D eigenvalue weighted by Crippen LogP contribution is 2.01. The van der Waals surface area contributed by atoms with E-state index in [1.54, 1.807) is 4.68 Å². The zero-order chi connectivity index (χ0) is 8.97. The SMILES string of the molecule is CC(CN)CNc1ccn(C)n1. The molecule has 0 bridgehead atoms. The van der Waals surface area contributed by atoms with Gasteiger partial charge < -0.3 is 11.1 Å². The second-order valence-corrected chi connectivity index (χ2v) is 3.10. The smallest absolute Gasteiger partial charge is 0.147 e. The molecule has 12 heavy (non-hydrogen) atoms. The molecule has 1 aromatic heterocycles. The molecule has 3 N–H and O–H groups in total. The topological polar surface area (TPSA) is 55.9 Å². The van der Waals surface area contributed by atoms with Crippen molar-refractivity contribution in [3.8, 4) is 0 Å². The second-order valence-electron chi connectivity index (χ2n) is 3.10. The quantitative estimate of drug-likeness (QED) is 0.685. The van der Waals surface area contributed by atoms with Crippen molar-refractivity contribution in [3.05, 3.63) is 12.3 Å². The van der Waals surface area contributed by atoms with Crippen LogP contribution in [0.25, 0.3) is 0 Å². The molecule has 0 aliphatic heterocycles. The Balaban J connectivity index is 2.33. The van der Waals surface area contributed by atoms with Gasteiger partial charge in [0.2, 0.25) is 0 Å². The van der Waals surface area contributed by atoms with Crippen LogP contribution in [0.2, 0.25) is 0 Å². The van der Waals surface area contributed by atoms with Gasteiger partial charge in [0.1, 0.15) is 5.82 Å². The molecule has 0 saturated carbocycles. The summed E-state index contributed by atoms with van der Waals surface area (Å²) >= 11 is 0. The van der Waals surface area contributed by atoms with E-state index in [4.69, 9.17) is 5.73 Å². The number of nitrogens with zero attached hydrogens (tertiary/aromatic N) is 2. The fraction of sp³-hybridized carbons (Fsp3) is 0.625. The average Bonchev–Trinajstić information content (AvgIpc) is 2.47. The first-order valence-corrected chi connectivity index (χ1v) is 4.16. The summed E-state index contributed by atoms with van der Waals surface area (Å²) in [5, 5.41) is 7.39. The van der Waals surface area contributed by atoms with Crippen molar-refractivity contribution in [3.63, 3.8) is 0 Å². The predicted octanol–water partition coefficient (Wildman–Crippen LogP) is 0.427. The lowest BCUT2D eigenvalue weighted by molar-refractivity contribution is 0.625. The maximum atomic E-state index is 5.48. The third kappa shape index (κ3) is 2.54. The average molecular weight is 168 g/mol. The molecule has 1 aromatic rings. The second kappa shape index (κ2) is 4.11. The summed E-state index contributed by atoms with van der Waals surface area (Å²) in [5.41, 5.74) is 5.48. The molecular weight excluding hydrogens is 152 g/mol. The molecule has 0 saturated heterocycles. The number of aromatic nitrogens is 2. The van der Waals surface area contributed by atoms with E-state index in [0.717, 1.165) is 12.4 Å². The number of nitrogens with one attached hydrogen (secondary N) is 1. The van der Waals surface area contributed by atoms with Gasteiger partial charge in [-0.25, -0.2) is 0 Å². The van der Waals surface area contributed by atoms with Crippen LogP contribution < -0.4 is 11.1 Å². The summed E-state index contributed by atoms with van der Waals surface area (Å²) in [6, 6.07) is 1.95. The first-order chi connectivity index (χ1) is 5.72. The lowest BCUT2D eigenvalue weighted by Crippen LogP contribution is -2.19. The van der Waals surface area contributed by atoms with Gasteiger partial charge in [-0.3, -0.25) is 4.68 Å². The van der Waals surface area contributed by atoms with E-state index < -0.39 is 0 Å². The minimum Gasteiger partial charge on any atom is -0.368 e. The fourth-order valence-corrected chi connectivity index (χ4v) is 0.871. The Hall–Kier alpha value is -1.03. The Morgan fingerprint density at radius 1 is 1.75 bits per heavy atom. The summed E-state index contributed by atoms with van der Waals surface area (Å²) in [6.45, 7) is 3.70. The number of anilines is 1. The first kappa shape index (κ1) is 9.06. The Morgan fingerprint density at radius 3 is 3.00 bits per heavy atom. The van der Waals surface area contributed by atoms with Crippen molar-refractivity contribution in [2.45, 2.75) is 6.92 Å². The van der Waals surface area contributed by atoms with Gasteiger partial charge in [0.25, 0.3) is 0 Å². The van der Waals surface area contributed by atoms with E-state index >= 15 is 0 Å². The molecule has 1 heterocycles. The minimum atomic E-state index is 0.493. The van der Waals surface area contributed by atoms with Crippen molar-refractivity contribution in [1.29, 1.82) is 0 Å². The largest absolute Gasteiger partial charge is 0.368 e. The summed E-state index contributed by atoms with van der Waals surface area (Å²) in [4.78, 5) is 0. The van der Waals surface area contributed by atoms with Crippen LogP contribution in [0.3, 0.4) is 0 Å². The maximum Gasteiger partial charge on any atom is 0.147 e. The number of hydrogen-bond donors (Lipinski definition) is 2. The minimum absolute atomic E-state index is 0.493. The van der Waals surface area contributed by atoms with Crippen molar-refractivity contribution in [1.82, 2.24) is 9.78 Å². The maximum absolute atomic E-state index is 5.48. The summed E-state index contributed by atoms with van der Waals surface area (Å²) in [6.07, 6.45) is 1.91.